The van der Waals surface area contributed by atoms with E-state index in [9.17, 15) is 4.79 Å². The van der Waals surface area contributed by atoms with Gasteiger partial charge in [0.2, 0.25) is 0 Å². The first-order valence-electron chi connectivity index (χ1n) is 8.37. The summed E-state index contributed by atoms with van der Waals surface area (Å²) in [6.07, 6.45) is 11.6. The Morgan fingerprint density at radius 2 is 1.30 bits per heavy atom. The summed E-state index contributed by atoms with van der Waals surface area (Å²) in [7, 11) is 0. The van der Waals surface area contributed by atoms with Crippen molar-refractivity contribution in [2.45, 2.75) is 57.3 Å². The van der Waals surface area contributed by atoms with E-state index in [2.05, 4.69) is 30.3 Å². The van der Waals surface area contributed by atoms with E-state index in [4.69, 9.17) is 0 Å². The Hall–Kier alpha value is -1.11. The molecule has 0 atom stereocenters. The normalized spacial score (nSPS) is 34.6. The second kappa shape index (κ2) is 6.56. The highest BCUT2D eigenvalue weighted by molar-refractivity contribution is 5.53. The van der Waals surface area contributed by atoms with Gasteiger partial charge in [0.05, 0.1) is 0 Å². The van der Waals surface area contributed by atoms with Crippen molar-refractivity contribution in [3.63, 3.8) is 0 Å². The maximum absolute atomic E-state index is 10.8. The molecule has 2 aliphatic rings. The summed E-state index contributed by atoms with van der Waals surface area (Å²) in [5.41, 5.74) is 1.54. The number of rotatable bonds is 3. The minimum Gasteiger partial charge on any atom is -0.303 e. The molecule has 0 aromatic heterocycles. The van der Waals surface area contributed by atoms with Crippen LogP contribution < -0.4 is 0 Å². The second-order valence-electron chi connectivity index (χ2n) is 6.83. The average molecular weight is 270 g/mol. The highest BCUT2D eigenvalue weighted by Crippen LogP contribution is 2.43. The van der Waals surface area contributed by atoms with E-state index < -0.39 is 0 Å². The summed E-state index contributed by atoms with van der Waals surface area (Å²) < 4.78 is 0. The number of carbonyl (C=O) groups excluding carboxylic acids is 1. The van der Waals surface area contributed by atoms with Crippen LogP contribution in [0.15, 0.2) is 30.3 Å². The fourth-order valence-electron chi connectivity index (χ4n) is 4.40. The molecule has 2 aliphatic carbocycles. The van der Waals surface area contributed by atoms with Crippen molar-refractivity contribution in [1.29, 1.82) is 0 Å². The Morgan fingerprint density at radius 1 is 0.750 bits per heavy atom. The molecule has 1 aromatic rings. The first-order valence-corrected chi connectivity index (χ1v) is 8.37. The molecule has 0 N–H and O–H groups in total. The molecule has 1 aromatic carbocycles. The molecule has 0 amide bonds. The first kappa shape index (κ1) is 13.9. The van der Waals surface area contributed by atoms with Gasteiger partial charge in [0.1, 0.15) is 6.29 Å². The molecular weight excluding hydrogens is 244 g/mol. The van der Waals surface area contributed by atoms with E-state index in [1.807, 2.05) is 0 Å². The van der Waals surface area contributed by atoms with Gasteiger partial charge >= 0.3 is 0 Å². The molecule has 0 heterocycles. The van der Waals surface area contributed by atoms with Crippen molar-refractivity contribution in [2.24, 2.45) is 17.8 Å². The number of aldehydes is 1. The van der Waals surface area contributed by atoms with Crippen LogP contribution in [0.1, 0.15) is 62.8 Å². The van der Waals surface area contributed by atoms with Gasteiger partial charge in [-0.05, 0) is 74.7 Å². The predicted molar refractivity (Wildman–Crippen MR) is 82.7 cm³/mol. The van der Waals surface area contributed by atoms with Crippen LogP contribution in [-0.4, -0.2) is 6.29 Å². The zero-order chi connectivity index (χ0) is 13.8. The molecule has 0 saturated heterocycles. The van der Waals surface area contributed by atoms with Gasteiger partial charge in [-0.25, -0.2) is 0 Å². The Bertz CT molecular complexity index is 409. The standard InChI is InChI=1S/C19H26O/c20-14-15-6-8-17(9-7-15)19-12-10-18(11-13-19)16-4-2-1-3-5-16/h1-5,14-15,17-19H,6-13H2. The molecule has 2 fully saturated rings. The van der Waals surface area contributed by atoms with Crippen LogP contribution >= 0.6 is 0 Å². The molecule has 0 aliphatic heterocycles. The lowest BCUT2D eigenvalue weighted by atomic mass is 9.68. The van der Waals surface area contributed by atoms with Crippen LogP contribution in [0.4, 0.5) is 0 Å². The minimum atomic E-state index is 0.368. The fourth-order valence-corrected chi connectivity index (χ4v) is 4.40. The van der Waals surface area contributed by atoms with Gasteiger partial charge in [-0.3, -0.25) is 0 Å². The lowest BCUT2D eigenvalue weighted by molar-refractivity contribution is -0.112. The summed E-state index contributed by atoms with van der Waals surface area (Å²) in [5, 5.41) is 0. The maximum Gasteiger partial charge on any atom is 0.123 e. The minimum absolute atomic E-state index is 0.368. The van der Waals surface area contributed by atoms with E-state index in [1.54, 1.807) is 0 Å². The van der Waals surface area contributed by atoms with Crippen LogP contribution in [0.25, 0.3) is 0 Å². The number of benzene rings is 1. The van der Waals surface area contributed by atoms with Crippen LogP contribution in [0.2, 0.25) is 0 Å². The Labute approximate surface area is 122 Å². The molecule has 1 nitrogen and oxygen atoms in total. The molecule has 3 rings (SSSR count). The molecule has 108 valence electrons. The molecular formula is C19H26O. The van der Waals surface area contributed by atoms with Gasteiger partial charge in [0, 0.05) is 5.92 Å². The summed E-state index contributed by atoms with van der Waals surface area (Å²) in [6, 6.07) is 11.0. The molecule has 0 spiro atoms. The molecule has 0 radical (unpaired) electrons. The quantitative estimate of drug-likeness (QED) is 0.709. The third-order valence-corrected chi connectivity index (χ3v) is 5.72. The van der Waals surface area contributed by atoms with Crippen molar-refractivity contribution in [3.05, 3.63) is 35.9 Å². The summed E-state index contributed by atoms with van der Waals surface area (Å²) in [6.45, 7) is 0. The van der Waals surface area contributed by atoms with Crippen LogP contribution in [0, 0.1) is 17.8 Å². The second-order valence-corrected chi connectivity index (χ2v) is 6.83. The topological polar surface area (TPSA) is 17.1 Å². The van der Waals surface area contributed by atoms with Gasteiger partial charge in [-0.15, -0.1) is 0 Å². The van der Waals surface area contributed by atoms with Gasteiger partial charge in [-0.1, -0.05) is 30.3 Å². The van der Waals surface area contributed by atoms with Crippen molar-refractivity contribution in [2.75, 3.05) is 0 Å². The molecule has 2 saturated carbocycles. The predicted octanol–water partition coefficient (Wildman–Crippen LogP) is 4.97. The average Bonchev–Trinajstić information content (AvgIpc) is 2.56. The lowest BCUT2D eigenvalue weighted by Crippen LogP contribution is -2.25. The summed E-state index contributed by atoms with van der Waals surface area (Å²) >= 11 is 0. The monoisotopic (exact) mass is 270 g/mol. The largest absolute Gasteiger partial charge is 0.303 e. The van der Waals surface area contributed by atoms with E-state index in [1.165, 1.54) is 50.4 Å². The smallest absolute Gasteiger partial charge is 0.123 e. The van der Waals surface area contributed by atoms with Gasteiger partial charge in [0.15, 0.2) is 0 Å². The van der Waals surface area contributed by atoms with E-state index in [-0.39, 0.29) is 0 Å². The van der Waals surface area contributed by atoms with Crippen LogP contribution in [0.5, 0.6) is 0 Å². The number of carbonyl (C=O) groups is 1. The third-order valence-electron chi connectivity index (χ3n) is 5.72. The van der Waals surface area contributed by atoms with Crippen molar-refractivity contribution >= 4 is 6.29 Å². The van der Waals surface area contributed by atoms with Crippen molar-refractivity contribution in [3.8, 4) is 0 Å². The Kier molecular flexibility index (Phi) is 4.54. The van der Waals surface area contributed by atoms with Crippen molar-refractivity contribution in [1.82, 2.24) is 0 Å². The van der Waals surface area contributed by atoms with Gasteiger partial charge in [-0.2, -0.15) is 0 Å². The summed E-state index contributed by atoms with van der Waals surface area (Å²) in [5.74, 6) is 3.00. The molecule has 1 heteroatoms. The van der Waals surface area contributed by atoms with Gasteiger partial charge < -0.3 is 4.79 Å². The fraction of sp³-hybridized carbons (Fsp3) is 0.632. The third kappa shape index (κ3) is 3.13. The zero-order valence-electron chi connectivity index (χ0n) is 12.3. The van der Waals surface area contributed by atoms with E-state index in [0.29, 0.717) is 5.92 Å². The first-order chi connectivity index (χ1) is 9.86. The number of hydrogen-bond donors (Lipinski definition) is 0. The highest BCUT2D eigenvalue weighted by Gasteiger charge is 2.30. The molecule has 0 bridgehead atoms. The van der Waals surface area contributed by atoms with Gasteiger partial charge in [0.25, 0.3) is 0 Å². The van der Waals surface area contributed by atoms with Crippen molar-refractivity contribution < 1.29 is 4.79 Å². The lowest BCUT2D eigenvalue weighted by Gasteiger charge is -2.37. The number of hydrogen-bond acceptors (Lipinski definition) is 1. The van der Waals surface area contributed by atoms with Crippen LogP contribution in [0.3, 0.4) is 0 Å². The van der Waals surface area contributed by atoms with E-state index in [0.717, 1.165) is 30.6 Å². The molecule has 0 unspecified atom stereocenters. The SMILES string of the molecule is O=CC1CCC(C2CCC(c3ccccc3)CC2)CC1. The maximum atomic E-state index is 10.8. The zero-order valence-corrected chi connectivity index (χ0v) is 12.3. The summed E-state index contributed by atoms with van der Waals surface area (Å²) in [4.78, 5) is 10.8. The highest BCUT2D eigenvalue weighted by atomic mass is 16.1. The van der Waals surface area contributed by atoms with Crippen LogP contribution in [-0.2, 0) is 4.79 Å². The molecule has 20 heavy (non-hydrogen) atoms. The van der Waals surface area contributed by atoms with E-state index >= 15 is 0 Å². The Balaban J connectivity index is 1.50. The Morgan fingerprint density at radius 3 is 1.85 bits per heavy atom.